The Kier molecular flexibility index (Phi) is 4.76. The molecule has 0 radical (unpaired) electrons. The Hall–Kier alpha value is 0. The molecule has 4 heteroatoms. The first-order valence-corrected chi connectivity index (χ1v) is 4.38. The molecule has 0 aromatic heterocycles. The van der Waals surface area contributed by atoms with Gasteiger partial charge in [0.15, 0.2) is 4.11 Å². The number of hydrogen-bond donors (Lipinski definition) is 1. The first kappa shape index (κ1) is 10.0. The van der Waals surface area contributed by atoms with Crippen LogP contribution >= 0.6 is 22.6 Å². The minimum Gasteiger partial charge on any atom is -0.436 e. The lowest BCUT2D eigenvalue weighted by Crippen LogP contribution is -2.31. The Morgan fingerprint density at radius 3 is 2.30 bits per heavy atom. The zero-order valence-electron chi connectivity index (χ0n) is 6.35. The molecule has 1 atom stereocenters. The van der Waals surface area contributed by atoms with Gasteiger partial charge in [-0.3, -0.25) is 0 Å². The van der Waals surface area contributed by atoms with Crippen molar-refractivity contribution >= 4 is 28.7 Å². The van der Waals surface area contributed by atoms with E-state index in [1.807, 2.05) is 36.4 Å². The van der Waals surface area contributed by atoms with Gasteiger partial charge in [0, 0.05) is 6.04 Å². The molecule has 0 saturated carbocycles. The summed E-state index contributed by atoms with van der Waals surface area (Å²) in [5, 5.41) is 2.61. The number of hydrogen-bond acceptors (Lipinski definition) is 2. The average molecular weight is 257 g/mol. The number of carbonyl (C=O) groups is 1. The summed E-state index contributed by atoms with van der Waals surface area (Å²) in [4.78, 5) is 10.7. The molecule has 10 heavy (non-hydrogen) atoms. The summed E-state index contributed by atoms with van der Waals surface area (Å²) >= 11 is 2.02. The van der Waals surface area contributed by atoms with Crippen LogP contribution in [0.3, 0.4) is 0 Å². The molecule has 60 valence electrons. The van der Waals surface area contributed by atoms with Crippen LogP contribution in [-0.2, 0) is 4.74 Å². The van der Waals surface area contributed by atoms with Crippen molar-refractivity contribution in [1.29, 1.82) is 0 Å². The predicted molar refractivity (Wildman–Crippen MR) is 48.2 cm³/mol. The summed E-state index contributed by atoms with van der Waals surface area (Å²) in [7, 11) is 0. The van der Waals surface area contributed by atoms with E-state index < -0.39 is 0 Å². The van der Waals surface area contributed by atoms with Crippen LogP contribution in [0, 0.1) is 0 Å². The van der Waals surface area contributed by atoms with Gasteiger partial charge in [0.05, 0.1) is 0 Å². The monoisotopic (exact) mass is 257 g/mol. The topological polar surface area (TPSA) is 38.3 Å². The van der Waals surface area contributed by atoms with E-state index in [0.29, 0.717) is 0 Å². The fourth-order valence-corrected chi connectivity index (χ4v) is 0.648. The SMILES string of the molecule is CC(C)NC(=O)OC(C)I. The summed E-state index contributed by atoms with van der Waals surface area (Å²) in [6.07, 6.45) is -0.350. The van der Waals surface area contributed by atoms with Crippen LogP contribution in [0.15, 0.2) is 0 Å². The van der Waals surface area contributed by atoms with E-state index in [-0.39, 0.29) is 16.2 Å². The Bertz CT molecular complexity index is 102. The highest BCUT2D eigenvalue weighted by molar-refractivity contribution is 14.1. The minimum absolute atomic E-state index is 0.0728. The van der Waals surface area contributed by atoms with Gasteiger partial charge in [0.1, 0.15) is 0 Å². The molecule has 0 aromatic carbocycles. The Morgan fingerprint density at radius 1 is 1.50 bits per heavy atom. The largest absolute Gasteiger partial charge is 0.436 e. The van der Waals surface area contributed by atoms with Crippen LogP contribution in [0.2, 0.25) is 0 Å². The van der Waals surface area contributed by atoms with Gasteiger partial charge in [0.25, 0.3) is 0 Å². The van der Waals surface area contributed by atoms with Gasteiger partial charge >= 0.3 is 6.09 Å². The fourth-order valence-electron chi connectivity index (χ4n) is 0.417. The maximum atomic E-state index is 10.7. The number of halogens is 1. The van der Waals surface area contributed by atoms with Crippen LogP contribution in [0.5, 0.6) is 0 Å². The van der Waals surface area contributed by atoms with Crippen molar-refractivity contribution in [3.8, 4) is 0 Å². The molecule has 0 spiro atoms. The van der Waals surface area contributed by atoms with Crippen molar-refractivity contribution < 1.29 is 9.53 Å². The smallest absolute Gasteiger partial charge is 0.408 e. The van der Waals surface area contributed by atoms with Gasteiger partial charge in [-0.15, -0.1) is 0 Å². The van der Waals surface area contributed by atoms with Crippen molar-refractivity contribution in [2.75, 3.05) is 0 Å². The van der Waals surface area contributed by atoms with Crippen molar-refractivity contribution in [1.82, 2.24) is 5.32 Å². The second-order valence-corrected chi connectivity index (χ2v) is 4.00. The van der Waals surface area contributed by atoms with Gasteiger partial charge in [-0.1, -0.05) is 0 Å². The lowest BCUT2D eigenvalue weighted by Gasteiger charge is -2.10. The summed E-state index contributed by atoms with van der Waals surface area (Å²) in [6.45, 7) is 5.58. The molecule has 1 N–H and O–H groups in total. The Labute approximate surface area is 74.7 Å². The van der Waals surface area contributed by atoms with Crippen LogP contribution < -0.4 is 5.32 Å². The molecule has 0 heterocycles. The summed E-state index contributed by atoms with van der Waals surface area (Å²) in [6, 6.07) is 0.141. The molecule has 0 saturated heterocycles. The second kappa shape index (κ2) is 4.76. The normalized spacial score (nSPS) is 12.9. The highest BCUT2D eigenvalue weighted by atomic mass is 127. The van der Waals surface area contributed by atoms with Crippen LogP contribution in [0.25, 0.3) is 0 Å². The van der Waals surface area contributed by atoms with E-state index in [4.69, 9.17) is 4.74 Å². The maximum absolute atomic E-state index is 10.7. The van der Waals surface area contributed by atoms with Crippen molar-refractivity contribution in [2.45, 2.75) is 30.9 Å². The van der Waals surface area contributed by atoms with E-state index >= 15 is 0 Å². The highest BCUT2D eigenvalue weighted by Crippen LogP contribution is 1.99. The first-order valence-electron chi connectivity index (χ1n) is 3.13. The lowest BCUT2D eigenvalue weighted by molar-refractivity contribution is 0.144. The average Bonchev–Trinajstić information content (AvgIpc) is 1.58. The van der Waals surface area contributed by atoms with Gasteiger partial charge in [-0.05, 0) is 43.4 Å². The number of nitrogens with one attached hydrogen (secondary N) is 1. The third kappa shape index (κ3) is 6.12. The third-order valence-corrected chi connectivity index (χ3v) is 0.930. The van der Waals surface area contributed by atoms with E-state index in [1.54, 1.807) is 6.92 Å². The summed E-state index contributed by atoms with van der Waals surface area (Å²) in [5.74, 6) is 0. The van der Waals surface area contributed by atoms with Gasteiger partial charge in [0.2, 0.25) is 0 Å². The van der Waals surface area contributed by atoms with Crippen LogP contribution in [0.1, 0.15) is 20.8 Å². The fraction of sp³-hybridized carbons (Fsp3) is 0.833. The molecule has 0 aliphatic rings. The summed E-state index contributed by atoms with van der Waals surface area (Å²) < 4.78 is 4.72. The van der Waals surface area contributed by atoms with E-state index in [1.165, 1.54) is 0 Å². The summed E-state index contributed by atoms with van der Waals surface area (Å²) in [5.41, 5.74) is 0. The second-order valence-electron chi connectivity index (χ2n) is 2.25. The zero-order chi connectivity index (χ0) is 8.15. The molecule has 0 aliphatic carbocycles. The lowest BCUT2D eigenvalue weighted by atomic mass is 10.4. The van der Waals surface area contributed by atoms with Gasteiger partial charge < -0.3 is 10.1 Å². The van der Waals surface area contributed by atoms with E-state index in [0.717, 1.165) is 0 Å². The van der Waals surface area contributed by atoms with Crippen LogP contribution in [0.4, 0.5) is 4.79 Å². The number of amides is 1. The minimum atomic E-state index is -0.350. The maximum Gasteiger partial charge on any atom is 0.408 e. The third-order valence-electron chi connectivity index (χ3n) is 0.676. The van der Waals surface area contributed by atoms with Gasteiger partial charge in [-0.2, -0.15) is 0 Å². The predicted octanol–water partition coefficient (Wildman–Crippen LogP) is 1.90. The quantitative estimate of drug-likeness (QED) is 0.606. The number of alkyl carbamates (subject to hydrolysis) is 1. The highest BCUT2D eigenvalue weighted by Gasteiger charge is 2.05. The number of alkyl halides is 1. The first-order chi connectivity index (χ1) is 4.52. The Balaban J connectivity index is 3.44. The standard InChI is InChI=1S/C6H12INO2/c1-4(2)8-6(9)10-5(3)7/h4-5H,1-3H3,(H,8,9). The molecule has 3 nitrogen and oxygen atoms in total. The van der Waals surface area contributed by atoms with Crippen LogP contribution in [-0.4, -0.2) is 16.2 Å². The van der Waals surface area contributed by atoms with E-state index in [2.05, 4.69) is 5.32 Å². The molecule has 0 aliphatic heterocycles. The molecule has 1 unspecified atom stereocenters. The van der Waals surface area contributed by atoms with Gasteiger partial charge in [-0.25, -0.2) is 4.79 Å². The van der Waals surface area contributed by atoms with E-state index in [9.17, 15) is 4.79 Å². The molecule has 0 rings (SSSR count). The zero-order valence-corrected chi connectivity index (χ0v) is 8.51. The number of carbonyl (C=O) groups excluding carboxylic acids is 1. The Morgan fingerprint density at radius 2 is 2.00 bits per heavy atom. The molecular formula is C6H12INO2. The molecule has 0 aromatic rings. The van der Waals surface area contributed by atoms with Crippen molar-refractivity contribution in [3.05, 3.63) is 0 Å². The molecule has 1 amide bonds. The molecule has 0 bridgehead atoms. The molecule has 0 fully saturated rings. The van der Waals surface area contributed by atoms with Crippen molar-refractivity contribution in [3.63, 3.8) is 0 Å². The number of rotatable bonds is 2. The number of ether oxygens (including phenoxy) is 1. The molecular weight excluding hydrogens is 245 g/mol. The van der Waals surface area contributed by atoms with Crippen molar-refractivity contribution in [2.24, 2.45) is 0 Å².